The van der Waals surface area contributed by atoms with Crippen molar-refractivity contribution in [2.45, 2.75) is 19.8 Å². The maximum atomic E-state index is 14.2. The molecule has 140 valence electrons. The number of nitrogens with one attached hydrogen (secondary N) is 1. The molecule has 3 rings (SSSR count). The minimum Gasteiger partial charge on any atom is -0.326 e. The first kappa shape index (κ1) is 18.5. The van der Waals surface area contributed by atoms with E-state index in [1.165, 1.54) is 33.8 Å². The Hall–Kier alpha value is -2.33. The summed E-state index contributed by atoms with van der Waals surface area (Å²) in [6.45, 7) is 2.26. The third-order valence-corrected chi connectivity index (χ3v) is 6.35. The van der Waals surface area contributed by atoms with Crippen LogP contribution in [-0.4, -0.2) is 52.2 Å². The number of carbonyl (C=O) groups is 1. The lowest BCUT2D eigenvalue weighted by molar-refractivity contribution is -0.120. The Labute approximate surface area is 151 Å². The van der Waals surface area contributed by atoms with Crippen molar-refractivity contribution in [1.82, 2.24) is 19.1 Å². The largest absolute Gasteiger partial charge is 0.326 e. The molecule has 1 N–H and O–H groups in total. The molecular weight excluding hydrogens is 361 g/mol. The van der Waals surface area contributed by atoms with Crippen LogP contribution in [0.3, 0.4) is 0 Å². The molecule has 1 fully saturated rings. The zero-order valence-corrected chi connectivity index (χ0v) is 15.1. The lowest BCUT2D eigenvalue weighted by atomic mass is 9.97. The van der Waals surface area contributed by atoms with Gasteiger partial charge < -0.3 is 5.32 Å². The number of sulfonamides is 1. The molecule has 0 spiro atoms. The van der Waals surface area contributed by atoms with Crippen molar-refractivity contribution in [3.8, 4) is 5.69 Å². The number of hydrogen-bond donors (Lipinski definition) is 1. The highest BCUT2D eigenvalue weighted by atomic mass is 32.2. The van der Waals surface area contributed by atoms with E-state index in [9.17, 15) is 17.6 Å². The Morgan fingerprint density at radius 3 is 2.65 bits per heavy atom. The van der Waals surface area contributed by atoms with Crippen LogP contribution in [0.4, 0.5) is 10.1 Å². The van der Waals surface area contributed by atoms with Crippen LogP contribution in [0, 0.1) is 11.7 Å². The summed E-state index contributed by atoms with van der Waals surface area (Å²) >= 11 is 0. The number of benzene rings is 1. The zero-order chi connectivity index (χ0) is 18.7. The van der Waals surface area contributed by atoms with Crippen molar-refractivity contribution in [2.75, 3.05) is 24.2 Å². The first-order valence-corrected chi connectivity index (χ1v) is 9.95. The quantitative estimate of drug-likeness (QED) is 0.845. The van der Waals surface area contributed by atoms with Crippen LogP contribution in [0.15, 0.2) is 30.9 Å². The Kier molecular flexibility index (Phi) is 5.33. The normalized spacial score (nSPS) is 16.5. The van der Waals surface area contributed by atoms with Gasteiger partial charge in [0.15, 0.2) is 5.82 Å². The van der Waals surface area contributed by atoms with Gasteiger partial charge in [-0.1, -0.05) is 0 Å². The van der Waals surface area contributed by atoms with Gasteiger partial charge in [-0.2, -0.15) is 5.10 Å². The van der Waals surface area contributed by atoms with Crippen LogP contribution < -0.4 is 5.32 Å². The van der Waals surface area contributed by atoms with Gasteiger partial charge in [0, 0.05) is 24.7 Å². The monoisotopic (exact) mass is 381 g/mol. The van der Waals surface area contributed by atoms with Crippen molar-refractivity contribution >= 4 is 21.6 Å². The van der Waals surface area contributed by atoms with Gasteiger partial charge >= 0.3 is 0 Å². The van der Waals surface area contributed by atoms with Gasteiger partial charge in [-0.15, -0.1) is 0 Å². The zero-order valence-electron chi connectivity index (χ0n) is 14.3. The third-order valence-electron chi connectivity index (χ3n) is 4.46. The number of rotatable bonds is 5. The fraction of sp³-hybridized carbons (Fsp3) is 0.438. The van der Waals surface area contributed by atoms with Crippen LogP contribution in [0.25, 0.3) is 5.69 Å². The first-order valence-electron chi connectivity index (χ1n) is 8.34. The molecule has 1 aliphatic rings. The number of aromatic nitrogens is 3. The van der Waals surface area contributed by atoms with E-state index in [4.69, 9.17) is 0 Å². The Balaban J connectivity index is 1.61. The lowest BCUT2D eigenvalue weighted by Crippen LogP contribution is -2.42. The van der Waals surface area contributed by atoms with Crippen LogP contribution in [-0.2, 0) is 14.8 Å². The number of anilines is 1. The highest BCUT2D eigenvalue weighted by Gasteiger charge is 2.30. The summed E-state index contributed by atoms with van der Waals surface area (Å²) in [4.78, 5) is 16.2. The van der Waals surface area contributed by atoms with Crippen molar-refractivity contribution in [3.63, 3.8) is 0 Å². The predicted molar refractivity (Wildman–Crippen MR) is 93.7 cm³/mol. The molecule has 2 heterocycles. The van der Waals surface area contributed by atoms with Crippen LogP contribution >= 0.6 is 0 Å². The van der Waals surface area contributed by atoms with E-state index in [0.29, 0.717) is 31.6 Å². The molecule has 10 heteroatoms. The molecule has 1 aromatic heterocycles. The number of piperidine rings is 1. The summed E-state index contributed by atoms with van der Waals surface area (Å²) in [5.41, 5.74) is 0.582. The van der Waals surface area contributed by atoms with E-state index >= 15 is 0 Å². The lowest BCUT2D eigenvalue weighted by Gasteiger charge is -2.30. The van der Waals surface area contributed by atoms with Crippen molar-refractivity contribution in [1.29, 1.82) is 0 Å². The van der Waals surface area contributed by atoms with E-state index in [1.54, 1.807) is 13.0 Å². The van der Waals surface area contributed by atoms with Crippen molar-refractivity contribution < 1.29 is 17.6 Å². The molecule has 1 amide bonds. The van der Waals surface area contributed by atoms with Gasteiger partial charge in [-0.05, 0) is 38.0 Å². The highest BCUT2D eigenvalue weighted by Crippen LogP contribution is 2.23. The average Bonchev–Trinajstić information content (AvgIpc) is 3.16. The molecule has 0 unspecified atom stereocenters. The number of halogens is 1. The summed E-state index contributed by atoms with van der Waals surface area (Å²) in [5, 5.41) is 6.57. The molecule has 1 aliphatic heterocycles. The number of carbonyl (C=O) groups excluding carboxylic acids is 1. The fourth-order valence-corrected chi connectivity index (χ4v) is 4.06. The Bertz CT molecular complexity index is 877. The van der Waals surface area contributed by atoms with Gasteiger partial charge in [-0.25, -0.2) is 26.8 Å². The van der Waals surface area contributed by atoms with E-state index < -0.39 is 15.8 Å². The molecule has 26 heavy (non-hydrogen) atoms. The number of nitrogens with zero attached hydrogens (tertiary/aromatic N) is 4. The number of amides is 1. The molecule has 1 aromatic carbocycles. The maximum Gasteiger partial charge on any atom is 0.227 e. The van der Waals surface area contributed by atoms with E-state index in [1.807, 2.05) is 0 Å². The standard InChI is InChI=1S/C16H20FN5O3S/c1-2-26(24,25)21-7-5-12(6-8-21)16(23)20-13-3-4-15(14(17)9-13)22-11-18-10-19-22/h3-4,9-12H,2,5-8H2,1H3,(H,20,23). The van der Waals surface area contributed by atoms with Gasteiger partial charge in [0.25, 0.3) is 0 Å². The average molecular weight is 381 g/mol. The smallest absolute Gasteiger partial charge is 0.227 e. The molecule has 2 aromatic rings. The molecule has 0 atom stereocenters. The Morgan fingerprint density at radius 1 is 1.35 bits per heavy atom. The van der Waals surface area contributed by atoms with Crippen LogP contribution in [0.1, 0.15) is 19.8 Å². The van der Waals surface area contributed by atoms with Crippen molar-refractivity contribution in [2.24, 2.45) is 5.92 Å². The second-order valence-corrected chi connectivity index (χ2v) is 8.33. The van der Waals surface area contributed by atoms with Gasteiger partial charge in [0.1, 0.15) is 18.3 Å². The molecular formula is C16H20FN5O3S. The molecule has 8 nitrogen and oxygen atoms in total. The van der Waals surface area contributed by atoms with Crippen LogP contribution in [0.2, 0.25) is 0 Å². The van der Waals surface area contributed by atoms with E-state index in [0.717, 1.165) is 0 Å². The van der Waals surface area contributed by atoms with E-state index in [-0.39, 0.29) is 23.3 Å². The summed E-state index contributed by atoms with van der Waals surface area (Å²) < 4.78 is 40.7. The minimum atomic E-state index is -3.22. The Morgan fingerprint density at radius 2 is 2.08 bits per heavy atom. The molecule has 0 bridgehead atoms. The summed E-state index contributed by atoms with van der Waals surface area (Å²) in [6, 6.07) is 4.33. The molecule has 1 saturated heterocycles. The minimum absolute atomic E-state index is 0.0568. The fourth-order valence-electron chi connectivity index (χ4n) is 2.93. The van der Waals surface area contributed by atoms with Gasteiger partial charge in [0.2, 0.25) is 15.9 Å². The van der Waals surface area contributed by atoms with Crippen molar-refractivity contribution in [3.05, 3.63) is 36.7 Å². The molecule has 0 aliphatic carbocycles. The second kappa shape index (κ2) is 7.50. The third kappa shape index (κ3) is 3.91. The molecule has 0 saturated carbocycles. The van der Waals surface area contributed by atoms with Gasteiger partial charge in [0.05, 0.1) is 5.75 Å². The summed E-state index contributed by atoms with van der Waals surface area (Å²) in [5.74, 6) is -0.999. The SMILES string of the molecule is CCS(=O)(=O)N1CCC(C(=O)Nc2ccc(-n3cncn3)c(F)c2)CC1. The maximum absolute atomic E-state index is 14.2. The highest BCUT2D eigenvalue weighted by molar-refractivity contribution is 7.89. The topological polar surface area (TPSA) is 97.2 Å². The number of hydrogen-bond acceptors (Lipinski definition) is 5. The summed E-state index contributed by atoms with van der Waals surface area (Å²) in [7, 11) is -3.22. The van der Waals surface area contributed by atoms with E-state index in [2.05, 4.69) is 15.4 Å². The molecule has 0 radical (unpaired) electrons. The van der Waals surface area contributed by atoms with Crippen LogP contribution in [0.5, 0.6) is 0 Å². The first-order chi connectivity index (χ1) is 12.4. The second-order valence-electron chi connectivity index (χ2n) is 6.07. The van der Waals surface area contributed by atoms with Gasteiger partial charge in [-0.3, -0.25) is 4.79 Å². The summed E-state index contributed by atoms with van der Waals surface area (Å²) in [6.07, 6.45) is 3.59. The predicted octanol–water partition coefficient (Wildman–Crippen LogP) is 1.41.